The normalized spacial score (nSPS) is 12.8. The molecule has 0 aliphatic heterocycles. The SMILES string of the molecule is CCCC(N)CCCc1cccc2ccccc12. The maximum atomic E-state index is 6.06. The molecule has 0 saturated carbocycles. The van der Waals surface area contributed by atoms with Crippen LogP contribution < -0.4 is 5.73 Å². The maximum Gasteiger partial charge on any atom is 0.00388 e. The third-order valence-corrected chi connectivity index (χ3v) is 3.56. The van der Waals surface area contributed by atoms with Crippen LogP contribution in [-0.4, -0.2) is 6.04 Å². The number of fused-ring (bicyclic) bond motifs is 1. The molecule has 2 N–H and O–H groups in total. The van der Waals surface area contributed by atoms with E-state index in [9.17, 15) is 0 Å². The number of benzene rings is 2. The van der Waals surface area contributed by atoms with Crippen LogP contribution in [0.5, 0.6) is 0 Å². The minimum atomic E-state index is 0.380. The highest BCUT2D eigenvalue weighted by atomic mass is 14.6. The fourth-order valence-corrected chi connectivity index (χ4v) is 2.58. The minimum Gasteiger partial charge on any atom is -0.328 e. The van der Waals surface area contributed by atoms with Crippen molar-refractivity contribution >= 4 is 10.8 Å². The van der Waals surface area contributed by atoms with Gasteiger partial charge in [0.05, 0.1) is 0 Å². The Bertz CT molecular complexity index is 484. The molecule has 0 amide bonds. The summed E-state index contributed by atoms with van der Waals surface area (Å²) in [7, 11) is 0. The molecule has 0 spiro atoms. The molecule has 0 bridgehead atoms. The molecule has 96 valence electrons. The summed E-state index contributed by atoms with van der Waals surface area (Å²) in [6.45, 7) is 2.20. The Morgan fingerprint density at radius 2 is 1.78 bits per heavy atom. The first-order valence-corrected chi connectivity index (χ1v) is 7.03. The van der Waals surface area contributed by atoms with Crippen LogP contribution >= 0.6 is 0 Å². The molecule has 18 heavy (non-hydrogen) atoms. The van der Waals surface area contributed by atoms with Gasteiger partial charge in [-0.2, -0.15) is 0 Å². The van der Waals surface area contributed by atoms with Gasteiger partial charge in [0.2, 0.25) is 0 Å². The van der Waals surface area contributed by atoms with Gasteiger partial charge in [-0.15, -0.1) is 0 Å². The lowest BCUT2D eigenvalue weighted by Crippen LogP contribution is -2.19. The topological polar surface area (TPSA) is 26.0 Å². The Hall–Kier alpha value is -1.34. The highest BCUT2D eigenvalue weighted by Gasteiger charge is 2.03. The fourth-order valence-electron chi connectivity index (χ4n) is 2.58. The van der Waals surface area contributed by atoms with E-state index in [2.05, 4.69) is 49.4 Å². The van der Waals surface area contributed by atoms with E-state index in [0.717, 1.165) is 19.3 Å². The zero-order valence-electron chi connectivity index (χ0n) is 11.2. The second-order valence-corrected chi connectivity index (χ2v) is 5.08. The quantitative estimate of drug-likeness (QED) is 0.802. The number of hydrogen-bond acceptors (Lipinski definition) is 1. The van der Waals surface area contributed by atoms with Gasteiger partial charge in [0.15, 0.2) is 0 Å². The van der Waals surface area contributed by atoms with Gasteiger partial charge < -0.3 is 5.73 Å². The third kappa shape index (κ3) is 3.33. The molecule has 0 radical (unpaired) electrons. The van der Waals surface area contributed by atoms with Gasteiger partial charge in [-0.05, 0) is 42.0 Å². The molecule has 0 aliphatic carbocycles. The van der Waals surface area contributed by atoms with Crippen LogP contribution in [0.25, 0.3) is 10.8 Å². The first kappa shape index (κ1) is 13.1. The number of rotatable bonds is 6. The molecule has 1 nitrogen and oxygen atoms in total. The van der Waals surface area contributed by atoms with E-state index in [1.165, 1.54) is 29.2 Å². The van der Waals surface area contributed by atoms with Crippen molar-refractivity contribution in [2.45, 2.75) is 45.1 Å². The lowest BCUT2D eigenvalue weighted by molar-refractivity contribution is 0.540. The molecule has 0 heterocycles. The van der Waals surface area contributed by atoms with Crippen molar-refractivity contribution < 1.29 is 0 Å². The smallest absolute Gasteiger partial charge is 0.00388 e. The Morgan fingerprint density at radius 1 is 1.00 bits per heavy atom. The molecule has 1 unspecified atom stereocenters. The van der Waals surface area contributed by atoms with Crippen molar-refractivity contribution in [3.63, 3.8) is 0 Å². The molecule has 2 rings (SSSR count). The summed E-state index contributed by atoms with van der Waals surface area (Å²) >= 11 is 0. The highest BCUT2D eigenvalue weighted by molar-refractivity contribution is 5.85. The van der Waals surface area contributed by atoms with Gasteiger partial charge in [0.25, 0.3) is 0 Å². The van der Waals surface area contributed by atoms with E-state index in [1.54, 1.807) is 0 Å². The predicted octanol–water partition coefficient (Wildman–Crippen LogP) is 4.29. The second kappa shape index (κ2) is 6.55. The molecule has 0 aliphatic rings. The molecular formula is C17H23N. The highest BCUT2D eigenvalue weighted by Crippen LogP contribution is 2.20. The Balaban J connectivity index is 1.99. The van der Waals surface area contributed by atoms with Crippen molar-refractivity contribution in [3.05, 3.63) is 48.0 Å². The molecular weight excluding hydrogens is 218 g/mol. The summed E-state index contributed by atoms with van der Waals surface area (Å²) in [6, 6.07) is 15.6. The minimum absolute atomic E-state index is 0.380. The van der Waals surface area contributed by atoms with Crippen molar-refractivity contribution in [2.75, 3.05) is 0 Å². The van der Waals surface area contributed by atoms with Gasteiger partial charge in [-0.1, -0.05) is 55.8 Å². The first-order chi connectivity index (χ1) is 8.81. The zero-order chi connectivity index (χ0) is 12.8. The third-order valence-electron chi connectivity index (χ3n) is 3.56. The van der Waals surface area contributed by atoms with Crippen LogP contribution in [-0.2, 0) is 6.42 Å². The van der Waals surface area contributed by atoms with Gasteiger partial charge in [0, 0.05) is 6.04 Å². The van der Waals surface area contributed by atoms with Gasteiger partial charge in [-0.25, -0.2) is 0 Å². The van der Waals surface area contributed by atoms with Crippen molar-refractivity contribution in [1.29, 1.82) is 0 Å². The summed E-state index contributed by atoms with van der Waals surface area (Å²) in [5.41, 5.74) is 7.52. The Morgan fingerprint density at radius 3 is 2.61 bits per heavy atom. The van der Waals surface area contributed by atoms with Crippen LogP contribution in [0.3, 0.4) is 0 Å². The molecule has 0 saturated heterocycles. The summed E-state index contributed by atoms with van der Waals surface area (Å²) < 4.78 is 0. The van der Waals surface area contributed by atoms with Crippen LogP contribution in [0, 0.1) is 0 Å². The average Bonchev–Trinajstić information content (AvgIpc) is 2.39. The summed E-state index contributed by atoms with van der Waals surface area (Å²) in [5.74, 6) is 0. The van der Waals surface area contributed by atoms with Gasteiger partial charge in [-0.3, -0.25) is 0 Å². The van der Waals surface area contributed by atoms with Crippen molar-refractivity contribution in [3.8, 4) is 0 Å². The first-order valence-electron chi connectivity index (χ1n) is 7.03. The predicted molar refractivity (Wildman–Crippen MR) is 79.8 cm³/mol. The van der Waals surface area contributed by atoms with E-state index >= 15 is 0 Å². The van der Waals surface area contributed by atoms with E-state index in [4.69, 9.17) is 5.73 Å². The van der Waals surface area contributed by atoms with Crippen LogP contribution in [0.4, 0.5) is 0 Å². The molecule has 1 atom stereocenters. The lowest BCUT2D eigenvalue weighted by Gasteiger charge is -2.11. The second-order valence-electron chi connectivity index (χ2n) is 5.08. The Labute approximate surface area is 110 Å². The number of aryl methyl sites for hydroxylation is 1. The monoisotopic (exact) mass is 241 g/mol. The maximum absolute atomic E-state index is 6.06. The zero-order valence-corrected chi connectivity index (χ0v) is 11.2. The van der Waals surface area contributed by atoms with Gasteiger partial charge >= 0.3 is 0 Å². The summed E-state index contributed by atoms with van der Waals surface area (Å²) in [6.07, 6.45) is 5.80. The van der Waals surface area contributed by atoms with E-state index < -0.39 is 0 Å². The van der Waals surface area contributed by atoms with Crippen molar-refractivity contribution in [1.82, 2.24) is 0 Å². The molecule has 2 aromatic carbocycles. The largest absolute Gasteiger partial charge is 0.328 e. The van der Waals surface area contributed by atoms with E-state index in [0.29, 0.717) is 6.04 Å². The van der Waals surface area contributed by atoms with E-state index in [-0.39, 0.29) is 0 Å². The fraction of sp³-hybridized carbons (Fsp3) is 0.412. The van der Waals surface area contributed by atoms with E-state index in [1.807, 2.05) is 0 Å². The number of hydrogen-bond donors (Lipinski definition) is 1. The number of nitrogens with two attached hydrogens (primary N) is 1. The molecule has 0 fully saturated rings. The summed E-state index contributed by atoms with van der Waals surface area (Å²) in [5, 5.41) is 2.73. The summed E-state index contributed by atoms with van der Waals surface area (Å²) in [4.78, 5) is 0. The molecule has 1 heteroatoms. The molecule has 2 aromatic rings. The standard InChI is InChI=1S/C17H23N/c1-2-7-16(18)12-6-11-15-10-5-9-14-8-3-4-13-17(14)15/h3-5,8-10,13,16H,2,6-7,11-12,18H2,1H3. The Kier molecular flexibility index (Phi) is 4.77. The van der Waals surface area contributed by atoms with Crippen LogP contribution in [0.2, 0.25) is 0 Å². The average molecular weight is 241 g/mol. The van der Waals surface area contributed by atoms with Gasteiger partial charge in [0.1, 0.15) is 0 Å². The van der Waals surface area contributed by atoms with Crippen LogP contribution in [0.1, 0.15) is 38.2 Å². The van der Waals surface area contributed by atoms with Crippen LogP contribution in [0.15, 0.2) is 42.5 Å². The van der Waals surface area contributed by atoms with Crippen molar-refractivity contribution in [2.24, 2.45) is 5.73 Å². The lowest BCUT2D eigenvalue weighted by atomic mass is 9.98. The molecule has 0 aromatic heterocycles.